The quantitative estimate of drug-likeness (QED) is 0.822. The lowest BCUT2D eigenvalue weighted by Crippen LogP contribution is -2.42. The summed E-state index contributed by atoms with van der Waals surface area (Å²) < 4.78 is 0. The van der Waals surface area contributed by atoms with Crippen molar-refractivity contribution in [1.82, 2.24) is 0 Å². The highest BCUT2D eigenvalue weighted by molar-refractivity contribution is 5.39. The molecule has 2 fully saturated rings. The Bertz CT molecular complexity index is 369. The van der Waals surface area contributed by atoms with Gasteiger partial charge in [-0.05, 0) is 42.7 Å². The minimum atomic E-state index is 0.339. The van der Waals surface area contributed by atoms with Crippen molar-refractivity contribution in [3.63, 3.8) is 0 Å². The standard InChI is InChI=1S/C15H21N/c16-11-15(9-4-10-15)14-8-2-1-7-13(14)12-5-3-6-12/h1-2,7-8,12H,3-6,9-11,16H2. The van der Waals surface area contributed by atoms with Crippen LogP contribution in [0.4, 0.5) is 0 Å². The second-order valence-corrected chi connectivity index (χ2v) is 5.55. The number of hydrogen-bond donors (Lipinski definition) is 1. The fourth-order valence-corrected chi connectivity index (χ4v) is 3.24. The highest BCUT2D eigenvalue weighted by Crippen LogP contribution is 2.48. The molecule has 2 aliphatic carbocycles. The lowest BCUT2D eigenvalue weighted by atomic mass is 9.61. The SMILES string of the molecule is NCC1(c2ccccc2C2CCC2)CCC1. The van der Waals surface area contributed by atoms with Crippen LogP contribution in [0, 0.1) is 0 Å². The van der Waals surface area contributed by atoms with Crippen LogP contribution in [-0.4, -0.2) is 6.54 Å². The molecule has 0 heterocycles. The summed E-state index contributed by atoms with van der Waals surface area (Å²) in [4.78, 5) is 0. The number of hydrogen-bond acceptors (Lipinski definition) is 1. The lowest BCUT2D eigenvalue weighted by Gasteiger charge is -2.44. The van der Waals surface area contributed by atoms with Crippen LogP contribution in [0.5, 0.6) is 0 Å². The second kappa shape index (κ2) is 3.89. The van der Waals surface area contributed by atoms with E-state index in [0.717, 1.165) is 12.5 Å². The van der Waals surface area contributed by atoms with Gasteiger partial charge in [-0.2, -0.15) is 0 Å². The summed E-state index contributed by atoms with van der Waals surface area (Å²) in [6.45, 7) is 0.830. The topological polar surface area (TPSA) is 26.0 Å². The molecule has 2 N–H and O–H groups in total. The maximum atomic E-state index is 6.03. The van der Waals surface area contributed by atoms with Crippen molar-refractivity contribution in [2.45, 2.75) is 49.9 Å². The van der Waals surface area contributed by atoms with Crippen LogP contribution in [0.1, 0.15) is 55.6 Å². The van der Waals surface area contributed by atoms with Gasteiger partial charge >= 0.3 is 0 Å². The molecule has 1 heteroatoms. The molecular weight excluding hydrogens is 194 g/mol. The van der Waals surface area contributed by atoms with Crippen molar-refractivity contribution in [2.75, 3.05) is 6.54 Å². The molecule has 1 aromatic carbocycles. The van der Waals surface area contributed by atoms with Gasteiger partial charge in [0.15, 0.2) is 0 Å². The van der Waals surface area contributed by atoms with E-state index in [2.05, 4.69) is 24.3 Å². The summed E-state index contributed by atoms with van der Waals surface area (Å²) in [6, 6.07) is 9.06. The molecule has 0 radical (unpaired) electrons. The van der Waals surface area contributed by atoms with Gasteiger partial charge < -0.3 is 5.73 Å². The van der Waals surface area contributed by atoms with Crippen molar-refractivity contribution in [2.24, 2.45) is 5.73 Å². The summed E-state index contributed by atoms with van der Waals surface area (Å²) in [7, 11) is 0. The molecule has 0 aromatic heterocycles. The molecule has 0 saturated heterocycles. The molecule has 3 rings (SSSR count). The normalized spacial score (nSPS) is 23.6. The fourth-order valence-electron chi connectivity index (χ4n) is 3.24. The molecule has 0 atom stereocenters. The van der Waals surface area contributed by atoms with Crippen molar-refractivity contribution in [3.05, 3.63) is 35.4 Å². The summed E-state index contributed by atoms with van der Waals surface area (Å²) in [5, 5.41) is 0. The van der Waals surface area contributed by atoms with Gasteiger partial charge in [0.1, 0.15) is 0 Å². The lowest BCUT2D eigenvalue weighted by molar-refractivity contribution is 0.247. The van der Waals surface area contributed by atoms with Crippen molar-refractivity contribution in [3.8, 4) is 0 Å². The molecular formula is C15H21N. The Kier molecular flexibility index (Phi) is 2.51. The maximum Gasteiger partial charge on any atom is 0.00784 e. The average molecular weight is 215 g/mol. The maximum absolute atomic E-state index is 6.03. The number of nitrogens with two attached hydrogens (primary N) is 1. The molecule has 0 amide bonds. The molecule has 2 aliphatic rings. The molecule has 0 spiro atoms. The van der Waals surface area contributed by atoms with E-state index in [0.29, 0.717) is 5.41 Å². The molecule has 0 unspecified atom stereocenters. The highest BCUT2D eigenvalue weighted by atomic mass is 14.6. The Labute approximate surface area is 98.0 Å². The van der Waals surface area contributed by atoms with Gasteiger partial charge in [0, 0.05) is 12.0 Å². The number of rotatable bonds is 3. The van der Waals surface area contributed by atoms with Crippen molar-refractivity contribution >= 4 is 0 Å². The van der Waals surface area contributed by atoms with Crippen LogP contribution in [-0.2, 0) is 5.41 Å². The predicted octanol–water partition coefficient (Wildman–Crippen LogP) is 3.33. The van der Waals surface area contributed by atoms with Gasteiger partial charge in [-0.25, -0.2) is 0 Å². The average Bonchev–Trinajstić information content (AvgIpc) is 2.17. The molecule has 86 valence electrons. The van der Waals surface area contributed by atoms with E-state index in [1.165, 1.54) is 38.5 Å². The van der Waals surface area contributed by atoms with E-state index in [9.17, 15) is 0 Å². The first kappa shape index (κ1) is 10.3. The molecule has 0 bridgehead atoms. The molecule has 16 heavy (non-hydrogen) atoms. The fraction of sp³-hybridized carbons (Fsp3) is 0.600. The van der Waals surface area contributed by atoms with E-state index in [4.69, 9.17) is 5.73 Å². The summed E-state index contributed by atoms with van der Waals surface area (Å²) >= 11 is 0. The molecule has 0 aliphatic heterocycles. The summed E-state index contributed by atoms with van der Waals surface area (Å²) in [6.07, 6.45) is 8.14. The van der Waals surface area contributed by atoms with E-state index in [1.807, 2.05) is 0 Å². The highest BCUT2D eigenvalue weighted by Gasteiger charge is 2.40. The van der Waals surface area contributed by atoms with Gasteiger partial charge in [-0.15, -0.1) is 0 Å². The first-order valence-electron chi connectivity index (χ1n) is 6.65. The van der Waals surface area contributed by atoms with Gasteiger partial charge in [-0.3, -0.25) is 0 Å². The predicted molar refractivity (Wildman–Crippen MR) is 67.6 cm³/mol. The first-order chi connectivity index (χ1) is 7.86. The van der Waals surface area contributed by atoms with Crippen LogP contribution in [0.25, 0.3) is 0 Å². The Hall–Kier alpha value is -0.820. The Morgan fingerprint density at radius 3 is 2.38 bits per heavy atom. The van der Waals surface area contributed by atoms with Gasteiger partial charge in [0.25, 0.3) is 0 Å². The third-order valence-corrected chi connectivity index (χ3v) is 4.78. The first-order valence-corrected chi connectivity index (χ1v) is 6.65. The zero-order chi connectivity index (χ0) is 11.0. The van der Waals surface area contributed by atoms with Crippen LogP contribution in [0.15, 0.2) is 24.3 Å². The van der Waals surface area contributed by atoms with Crippen LogP contribution >= 0.6 is 0 Å². The third-order valence-electron chi connectivity index (χ3n) is 4.78. The van der Waals surface area contributed by atoms with Gasteiger partial charge in [0.2, 0.25) is 0 Å². The largest absolute Gasteiger partial charge is 0.330 e. The van der Waals surface area contributed by atoms with Crippen LogP contribution in [0.2, 0.25) is 0 Å². The minimum Gasteiger partial charge on any atom is -0.330 e. The Morgan fingerprint density at radius 1 is 1.12 bits per heavy atom. The van der Waals surface area contributed by atoms with E-state index < -0.39 is 0 Å². The third kappa shape index (κ3) is 1.41. The van der Waals surface area contributed by atoms with E-state index >= 15 is 0 Å². The van der Waals surface area contributed by atoms with Crippen molar-refractivity contribution in [1.29, 1.82) is 0 Å². The zero-order valence-electron chi connectivity index (χ0n) is 9.91. The van der Waals surface area contributed by atoms with Crippen LogP contribution < -0.4 is 5.73 Å². The molecule has 1 nitrogen and oxygen atoms in total. The number of benzene rings is 1. The molecule has 2 saturated carbocycles. The zero-order valence-corrected chi connectivity index (χ0v) is 9.91. The Balaban J connectivity index is 1.98. The molecule has 1 aromatic rings. The van der Waals surface area contributed by atoms with E-state index in [-0.39, 0.29) is 0 Å². The summed E-state index contributed by atoms with van der Waals surface area (Å²) in [5.41, 5.74) is 9.56. The minimum absolute atomic E-state index is 0.339. The van der Waals surface area contributed by atoms with Crippen molar-refractivity contribution < 1.29 is 0 Å². The van der Waals surface area contributed by atoms with Gasteiger partial charge in [-0.1, -0.05) is 37.1 Å². The van der Waals surface area contributed by atoms with E-state index in [1.54, 1.807) is 11.1 Å². The Morgan fingerprint density at radius 2 is 1.88 bits per heavy atom. The monoisotopic (exact) mass is 215 g/mol. The smallest absolute Gasteiger partial charge is 0.00784 e. The summed E-state index contributed by atoms with van der Waals surface area (Å²) in [5.74, 6) is 0.834. The van der Waals surface area contributed by atoms with Gasteiger partial charge in [0.05, 0.1) is 0 Å². The van der Waals surface area contributed by atoms with Crippen LogP contribution in [0.3, 0.4) is 0 Å². The second-order valence-electron chi connectivity index (χ2n) is 5.55.